The molecule has 8 nitrogen and oxygen atoms in total. The predicted molar refractivity (Wildman–Crippen MR) is 107 cm³/mol. The van der Waals surface area contributed by atoms with Crippen molar-refractivity contribution in [3.05, 3.63) is 58.7 Å². The van der Waals surface area contributed by atoms with Gasteiger partial charge in [0.2, 0.25) is 0 Å². The molecule has 0 atom stereocenters. The molecule has 0 aliphatic carbocycles. The number of hydrogen-bond acceptors (Lipinski definition) is 7. The second kappa shape index (κ2) is 7.59. The molecule has 10 heteroatoms. The number of nitrogens with one attached hydrogen (secondary N) is 1. The number of aromatic nitrogens is 5. The average Bonchev–Trinajstić information content (AvgIpc) is 3.13. The number of benzene rings is 1. The quantitative estimate of drug-likeness (QED) is 0.510. The molecule has 2 N–H and O–H groups in total. The van der Waals surface area contributed by atoms with Crippen LogP contribution in [-0.2, 0) is 6.61 Å². The fourth-order valence-electron chi connectivity index (χ4n) is 2.73. The van der Waals surface area contributed by atoms with E-state index in [-0.39, 0.29) is 6.61 Å². The Morgan fingerprint density at radius 3 is 2.68 bits per heavy atom. The number of aliphatic hydroxyl groups is 1. The largest absolute Gasteiger partial charge is 0.493 e. The van der Waals surface area contributed by atoms with Gasteiger partial charge in [-0.05, 0) is 12.1 Å². The Kier molecular flexibility index (Phi) is 4.99. The van der Waals surface area contributed by atoms with E-state index in [1.54, 1.807) is 48.5 Å². The first-order valence-corrected chi connectivity index (χ1v) is 8.92. The molecule has 0 unspecified atom stereocenters. The highest BCUT2D eigenvalue weighted by Crippen LogP contribution is 2.34. The predicted octanol–water partition coefficient (Wildman–Crippen LogP) is 3.76. The number of para-hydroxylation sites is 1. The molecule has 1 aromatic carbocycles. The number of pyridine rings is 1. The van der Waals surface area contributed by atoms with E-state index >= 15 is 0 Å². The van der Waals surface area contributed by atoms with Crippen molar-refractivity contribution in [3.8, 4) is 11.4 Å². The summed E-state index contributed by atoms with van der Waals surface area (Å²) in [5, 5.41) is 18.6. The van der Waals surface area contributed by atoms with Crippen molar-refractivity contribution >= 4 is 45.7 Å². The maximum atomic E-state index is 9.26. The van der Waals surface area contributed by atoms with E-state index in [9.17, 15) is 5.11 Å². The number of nitrogens with zero attached hydrogens (tertiary/aromatic N) is 5. The molecule has 0 saturated heterocycles. The smallest absolute Gasteiger partial charge is 0.165 e. The topological polar surface area (TPSA) is 98.0 Å². The minimum Gasteiger partial charge on any atom is -0.493 e. The lowest BCUT2D eigenvalue weighted by Gasteiger charge is -2.07. The molecular weight excluding hydrogens is 403 g/mol. The molecule has 3 aromatic heterocycles. The molecule has 4 aromatic rings. The number of fused-ring (bicyclic) bond motifs is 1. The van der Waals surface area contributed by atoms with Crippen LogP contribution in [0, 0.1) is 0 Å². The average molecular weight is 417 g/mol. The van der Waals surface area contributed by atoms with Crippen molar-refractivity contribution in [2.45, 2.75) is 6.61 Å². The van der Waals surface area contributed by atoms with Gasteiger partial charge in [-0.2, -0.15) is 5.10 Å². The summed E-state index contributed by atoms with van der Waals surface area (Å²) in [7, 11) is 1.54. The SMILES string of the molecule is COc1cnc(Nc2cc(CO)ncn2)c2cn(-c3c(Cl)cccc3Cl)nc12. The minimum absolute atomic E-state index is 0.189. The number of hydrogen-bond donors (Lipinski definition) is 2. The van der Waals surface area contributed by atoms with Crippen LogP contribution < -0.4 is 10.1 Å². The zero-order chi connectivity index (χ0) is 19.7. The molecule has 0 radical (unpaired) electrons. The van der Waals surface area contributed by atoms with Gasteiger partial charge in [0.05, 0.1) is 41.0 Å². The van der Waals surface area contributed by atoms with Crippen molar-refractivity contribution < 1.29 is 9.84 Å². The molecule has 0 bridgehead atoms. The summed E-state index contributed by atoms with van der Waals surface area (Å²) in [5.74, 6) is 1.50. The van der Waals surface area contributed by atoms with Crippen molar-refractivity contribution in [3.63, 3.8) is 0 Å². The van der Waals surface area contributed by atoms with Crippen molar-refractivity contribution in [1.29, 1.82) is 0 Å². The summed E-state index contributed by atoms with van der Waals surface area (Å²) in [6.07, 6.45) is 4.68. The Morgan fingerprint density at radius 1 is 1.18 bits per heavy atom. The van der Waals surface area contributed by atoms with Gasteiger partial charge in [0.25, 0.3) is 0 Å². The fraction of sp³-hybridized carbons (Fsp3) is 0.111. The molecule has 0 fully saturated rings. The van der Waals surface area contributed by atoms with E-state index in [1.165, 1.54) is 6.33 Å². The third-order valence-electron chi connectivity index (χ3n) is 4.03. The second-order valence-corrected chi connectivity index (χ2v) is 6.57. The van der Waals surface area contributed by atoms with Gasteiger partial charge in [-0.3, -0.25) is 0 Å². The Labute approximate surface area is 169 Å². The lowest BCUT2D eigenvalue weighted by Crippen LogP contribution is -2.00. The molecule has 142 valence electrons. The Hall–Kier alpha value is -2.94. The van der Waals surface area contributed by atoms with Crippen molar-refractivity contribution in [1.82, 2.24) is 24.7 Å². The lowest BCUT2D eigenvalue weighted by atomic mass is 10.3. The van der Waals surface area contributed by atoms with Crippen LogP contribution in [0.3, 0.4) is 0 Å². The third kappa shape index (κ3) is 3.33. The van der Waals surface area contributed by atoms with E-state index in [0.717, 1.165) is 0 Å². The normalized spacial score (nSPS) is 11.0. The maximum absolute atomic E-state index is 9.26. The first kappa shape index (κ1) is 18.4. The first-order chi connectivity index (χ1) is 13.6. The van der Waals surface area contributed by atoms with Crippen molar-refractivity contribution in [2.24, 2.45) is 0 Å². The molecule has 3 heterocycles. The molecule has 0 spiro atoms. The van der Waals surface area contributed by atoms with E-state index in [2.05, 4.69) is 25.4 Å². The zero-order valence-corrected chi connectivity index (χ0v) is 16.1. The Morgan fingerprint density at radius 2 is 1.96 bits per heavy atom. The van der Waals surface area contributed by atoms with Crippen LogP contribution in [0.1, 0.15) is 5.69 Å². The maximum Gasteiger partial charge on any atom is 0.165 e. The highest BCUT2D eigenvalue weighted by Gasteiger charge is 2.17. The van der Waals surface area contributed by atoms with Gasteiger partial charge in [0.1, 0.15) is 29.2 Å². The van der Waals surface area contributed by atoms with Crippen LogP contribution >= 0.6 is 23.2 Å². The molecule has 4 rings (SSSR count). The summed E-state index contributed by atoms with van der Waals surface area (Å²) in [4.78, 5) is 12.5. The number of anilines is 2. The number of rotatable bonds is 5. The highest BCUT2D eigenvalue weighted by molar-refractivity contribution is 6.37. The summed E-state index contributed by atoms with van der Waals surface area (Å²) in [5.41, 5.74) is 1.62. The van der Waals surface area contributed by atoms with E-state index in [0.29, 0.717) is 49.7 Å². The standard InChI is InChI=1S/C18H14Cl2N6O2/c1-28-14-6-21-18(24-15-5-10(8-27)22-9-23-15)11-7-26(25-16(11)14)17-12(19)3-2-4-13(17)20/h2-7,9,27H,8H2,1H3,(H,21,22,23,24). The summed E-state index contributed by atoms with van der Waals surface area (Å²) < 4.78 is 6.98. The van der Waals surface area contributed by atoms with Gasteiger partial charge in [0.15, 0.2) is 5.75 Å². The van der Waals surface area contributed by atoms with E-state index in [1.807, 2.05) is 0 Å². The summed E-state index contributed by atoms with van der Waals surface area (Å²) in [6.45, 7) is -0.189. The van der Waals surface area contributed by atoms with Gasteiger partial charge in [-0.25, -0.2) is 19.6 Å². The minimum atomic E-state index is -0.189. The Bertz CT molecular complexity index is 1140. The number of ether oxygens (including phenoxy) is 1. The van der Waals surface area contributed by atoms with Gasteiger partial charge >= 0.3 is 0 Å². The van der Waals surface area contributed by atoms with Crippen LogP contribution in [0.25, 0.3) is 16.6 Å². The number of aliphatic hydroxyl groups excluding tert-OH is 1. The zero-order valence-electron chi connectivity index (χ0n) is 14.6. The fourth-order valence-corrected chi connectivity index (χ4v) is 3.30. The van der Waals surface area contributed by atoms with Crippen LogP contribution in [0.2, 0.25) is 10.0 Å². The van der Waals surface area contributed by atoms with Gasteiger partial charge in [0, 0.05) is 12.3 Å². The summed E-state index contributed by atoms with van der Waals surface area (Å²) in [6, 6.07) is 6.87. The van der Waals surface area contributed by atoms with Gasteiger partial charge < -0.3 is 15.2 Å². The highest BCUT2D eigenvalue weighted by atomic mass is 35.5. The van der Waals surface area contributed by atoms with Crippen molar-refractivity contribution in [2.75, 3.05) is 12.4 Å². The van der Waals surface area contributed by atoms with Crippen LogP contribution in [0.5, 0.6) is 5.75 Å². The van der Waals surface area contributed by atoms with Crippen LogP contribution in [-0.4, -0.2) is 36.9 Å². The molecule has 0 amide bonds. The lowest BCUT2D eigenvalue weighted by molar-refractivity contribution is 0.276. The molecular formula is C18H14Cl2N6O2. The Balaban J connectivity index is 1.85. The number of halogens is 2. The van der Waals surface area contributed by atoms with Crippen LogP contribution in [0.4, 0.5) is 11.6 Å². The van der Waals surface area contributed by atoms with Gasteiger partial charge in [-0.1, -0.05) is 29.3 Å². The second-order valence-electron chi connectivity index (χ2n) is 5.76. The van der Waals surface area contributed by atoms with E-state index in [4.69, 9.17) is 27.9 Å². The monoisotopic (exact) mass is 416 g/mol. The van der Waals surface area contributed by atoms with E-state index < -0.39 is 0 Å². The molecule has 0 saturated carbocycles. The van der Waals surface area contributed by atoms with Crippen LogP contribution in [0.15, 0.2) is 43.0 Å². The third-order valence-corrected chi connectivity index (χ3v) is 4.64. The number of methoxy groups -OCH3 is 1. The summed E-state index contributed by atoms with van der Waals surface area (Å²) >= 11 is 12.6. The first-order valence-electron chi connectivity index (χ1n) is 8.16. The van der Waals surface area contributed by atoms with Gasteiger partial charge in [-0.15, -0.1) is 0 Å². The molecule has 0 aliphatic rings. The molecule has 0 aliphatic heterocycles. The molecule has 28 heavy (non-hydrogen) atoms.